The summed E-state index contributed by atoms with van der Waals surface area (Å²) in [5, 5.41) is 9.54. The number of nitrogen functional groups attached to an aromatic ring is 2. The van der Waals surface area contributed by atoms with Gasteiger partial charge in [0, 0.05) is 11.1 Å². The number of aromatic hydroxyl groups is 1. The van der Waals surface area contributed by atoms with Crippen LogP contribution in [0, 0.1) is 0 Å². The summed E-state index contributed by atoms with van der Waals surface area (Å²) in [6.45, 7) is 0. The minimum absolute atomic E-state index is 0.0386. The molecule has 0 aromatic heterocycles. The van der Waals surface area contributed by atoms with E-state index in [1.165, 1.54) is 24.3 Å². The molecule has 0 radical (unpaired) electrons. The predicted molar refractivity (Wildman–Crippen MR) is 117 cm³/mol. The Hall–Kier alpha value is -3.94. The predicted octanol–water partition coefficient (Wildman–Crippen LogP) is 1.38. The van der Waals surface area contributed by atoms with Gasteiger partial charge in [0.05, 0.1) is 33.1 Å². The molecule has 0 atom stereocenters. The Morgan fingerprint density at radius 1 is 0.818 bits per heavy atom. The highest BCUT2D eigenvalue weighted by Gasteiger charge is 2.37. The van der Waals surface area contributed by atoms with Crippen LogP contribution in [0.1, 0.15) is 31.8 Å². The van der Waals surface area contributed by atoms with Crippen molar-refractivity contribution in [2.75, 3.05) is 16.2 Å². The van der Waals surface area contributed by atoms with Crippen LogP contribution in [0.5, 0.6) is 5.75 Å². The molecule has 13 heteroatoms. The number of phenols is 1. The number of carbonyl (C=O) groups excluding carboxylic acids is 2. The molecule has 33 heavy (non-hydrogen) atoms. The highest BCUT2D eigenvalue weighted by Crippen LogP contribution is 2.40. The highest BCUT2D eigenvalue weighted by molar-refractivity contribution is 7.92. The van der Waals surface area contributed by atoms with E-state index in [0.717, 1.165) is 18.2 Å². The van der Waals surface area contributed by atoms with E-state index < -0.39 is 64.0 Å². The van der Waals surface area contributed by atoms with Crippen molar-refractivity contribution in [1.82, 2.24) is 0 Å². The molecule has 0 amide bonds. The lowest BCUT2D eigenvalue weighted by molar-refractivity contribution is 0.0980. The number of ketones is 2. The fourth-order valence-electron chi connectivity index (χ4n) is 3.49. The third-order valence-corrected chi connectivity index (χ3v) is 7.29. The van der Waals surface area contributed by atoms with Crippen LogP contribution in [0.15, 0.2) is 58.3 Å². The van der Waals surface area contributed by atoms with Gasteiger partial charge in [-0.1, -0.05) is 24.3 Å². The van der Waals surface area contributed by atoms with Crippen molar-refractivity contribution in [3.8, 4) is 5.75 Å². The zero-order valence-corrected chi connectivity index (χ0v) is 18.1. The van der Waals surface area contributed by atoms with Crippen LogP contribution in [0.3, 0.4) is 0 Å². The van der Waals surface area contributed by atoms with E-state index in [1.54, 1.807) is 0 Å². The van der Waals surface area contributed by atoms with Crippen LogP contribution in [-0.2, 0) is 20.1 Å². The van der Waals surface area contributed by atoms with Gasteiger partial charge in [-0.15, -0.1) is 0 Å². The van der Waals surface area contributed by atoms with Crippen molar-refractivity contribution >= 4 is 48.8 Å². The quantitative estimate of drug-likeness (QED) is 0.158. The Balaban J connectivity index is 2.00. The summed E-state index contributed by atoms with van der Waals surface area (Å²) < 4.78 is 61.3. The second-order valence-electron chi connectivity index (χ2n) is 7.09. The summed E-state index contributed by atoms with van der Waals surface area (Å²) in [4.78, 5) is 24.9. The summed E-state index contributed by atoms with van der Waals surface area (Å²) in [7, 11) is -9.52. The molecule has 1 aliphatic carbocycles. The minimum Gasteiger partial charge on any atom is -0.506 e. The molecule has 3 aromatic rings. The van der Waals surface area contributed by atoms with Crippen molar-refractivity contribution in [2.45, 2.75) is 9.79 Å². The lowest BCUT2D eigenvalue weighted by Crippen LogP contribution is -2.26. The topological polar surface area (TPSA) is 207 Å². The maximum atomic E-state index is 13.2. The number of benzene rings is 3. The molecule has 4 rings (SSSR count). The first kappa shape index (κ1) is 22.3. The van der Waals surface area contributed by atoms with Crippen molar-refractivity contribution in [1.29, 1.82) is 0 Å². The van der Waals surface area contributed by atoms with E-state index >= 15 is 0 Å². The number of rotatable bonds is 4. The zero-order valence-electron chi connectivity index (χ0n) is 16.4. The number of hydrogen-bond donors (Lipinski definition) is 5. The SMILES string of the molecule is Nc1cc(S(=O)(=O)Nc2cc(S(=O)(=O)O)c(N)c3c2C(=O)c2ccccc2C3=O)ccc1O. The van der Waals surface area contributed by atoms with Gasteiger partial charge in [-0.3, -0.25) is 18.9 Å². The molecule has 0 saturated carbocycles. The molecule has 0 fully saturated rings. The molecule has 3 aromatic carbocycles. The third-order valence-electron chi connectivity index (χ3n) is 5.03. The number of nitrogens with two attached hydrogens (primary N) is 2. The maximum absolute atomic E-state index is 13.2. The van der Waals surface area contributed by atoms with Gasteiger partial charge in [0.15, 0.2) is 11.6 Å². The molecule has 0 spiro atoms. The van der Waals surface area contributed by atoms with Gasteiger partial charge >= 0.3 is 0 Å². The molecule has 0 heterocycles. The Morgan fingerprint density at radius 2 is 1.39 bits per heavy atom. The number of carbonyl (C=O) groups is 2. The largest absolute Gasteiger partial charge is 0.506 e. The van der Waals surface area contributed by atoms with E-state index in [-0.39, 0.29) is 22.6 Å². The van der Waals surface area contributed by atoms with E-state index in [0.29, 0.717) is 6.07 Å². The molecule has 170 valence electrons. The van der Waals surface area contributed by atoms with Gasteiger partial charge in [-0.05, 0) is 24.3 Å². The molecular formula is C20H15N3O8S2. The first-order valence-corrected chi connectivity index (χ1v) is 12.0. The Labute approximate surface area is 187 Å². The molecular weight excluding hydrogens is 474 g/mol. The van der Waals surface area contributed by atoms with E-state index in [9.17, 15) is 36.1 Å². The van der Waals surface area contributed by atoms with Gasteiger partial charge in [0.2, 0.25) is 0 Å². The van der Waals surface area contributed by atoms with E-state index in [2.05, 4.69) is 4.72 Å². The number of fused-ring (bicyclic) bond motifs is 2. The lowest BCUT2D eigenvalue weighted by Gasteiger charge is -2.23. The van der Waals surface area contributed by atoms with Gasteiger partial charge < -0.3 is 16.6 Å². The average molecular weight is 489 g/mol. The Bertz CT molecular complexity index is 1600. The molecule has 11 nitrogen and oxygen atoms in total. The molecule has 0 bridgehead atoms. The number of anilines is 3. The van der Waals surface area contributed by atoms with Gasteiger partial charge in [0.1, 0.15) is 10.6 Å². The standard InChI is InChI=1S/C20H15N3O8S2/c21-12-7-9(5-6-14(12)24)32(27,28)23-13-8-15(33(29,30)31)18(22)17-16(13)19(25)10-3-1-2-4-11(10)20(17)26/h1-8,23-24H,21-22H2,(H,29,30,31). The van der Waals surface area contributed by atoms with Crippen molar-refractivity contribution < 1.29 is 36.1 Å². The maximum Gasteiger partial charge on any atom is 0.296 e. The fraction of sp³-hybridized carbons (Fsp3) is 0. The van der Waals surface area contributed by atoms with Gasteiger partial charge in [-0.2, -0.15) is 8.42 Å². The van der Waals surface area contributed by atoms with Crippen LogP contribution < -0.4 is 16.2 Å². The first-order valence-electron chi connectivity index (χ1n) is 9.06. The molecule has 0 saturated heterocycles. The number of hydrogen-bond acceptors (Lipinski definition) is 9. The smallest absolute Gasteiger partial charge is 0.296 e. The normalized spacial score (nSPS) is 13.4. The minimum atomic E-state index is -5.02. The number of sulfonamides is 1. The highest BCUT2D eigenvalue weighted by atomic mass is 32.2. The first-order chi connectivity index (χ1) is 15.3. The summed E-state index contributed by atoms with van der Waals surface area (Å²) in [5.41, 5.74) is 8.72. The van der Waals surface area contributed by atoms with Crippen LogP contribution in [-0.4, -0.2) is 38.1 Å². The molecule has 0 aliphatic heterocycles. The second kappa shape index (κ2) is 7.30. The monoisotopic (exact) mass is 489 g/mol. The van der Waals surface area contributed by atoms with Crippen molar-refractivity contribution in [3.63, 3.8) is 0 Å². The van der Waals surface area contributed by atoms with Crippen LogP contribution in [0.25, 0.3) is 0 Å². The van der Waals surface area contributed by atoms with Gasteiger partial charge in [0.25, 0.3) is 20.1 Å². The molecule has 1 aliphatic rings. The fourth-order valence-corrected chi connectivity index (χ4v) is 5.24. The number of phenolic OH excluding ortho intramolecular Hbond substituents is 1. The summed E-state index contributed by atoms with van der Waals surface area (Å²) in [6.07, 6.45) is 0. The second-order valence-corrected chi connectivity index (χ2v) is 10.2. The molecule has 0 unspecified atom stereocenters. The zero-order chi connectivity index (χ0) is 24.3. The van der Waals surface area contributed by atoms with E-state index in [1.807, 2.05) is 0 Å². The summed E-state index contributed by atoms with van der Waals surface area (Å²) in [5.74, 6) is -1.97. The Kier molecular flexibility index (Phi) is 4.92. The summed E-state index contributed by atoms with van der Waals surface area (Å²) >= 11 is 0. The van der Waals surface area contributed by atoms with Gasteiger partial charge in [-0.25, -0.2) is 8.42 Å². The Morgan fingerprint density at radius 3 is 1.94 bits per heavy atom. The molecule has 7 N–H and O–H groups in total. The van der Waals surface area contributed by atoms with Crippen LogP contribution in [0.4, 0.5) is 17.1 Å². The average Bonchev–Trinajstić information content (AvgIpc) is 2.73. The third kappa shape index (κ3) is 3.57. The van der Waals surface area contributed by atoms with Crippen molar-refractivity contribution in [3.05, 3.63) is 70.8 Å². The lowest BCUT2D eigenvalue weighted by atomic mass is 9.82. The van der Waals surface area contributed by atoms with Crippen LogP contribution in [0.2, 0.25) is 0 Å². The number of nitrogens with one attached hydrogen (secondary N) is 1. The van der Waals surface area contributed by atoms with Crippen LogP contribution >= 0.6 is 0 Å². The van der Waals surface area contributed by atoms with E-state index in [4.69, 9.17) is 11.5 Å². The summed E-state index contributed by atoms with van der Waals surface area (Å²) in [6, 6.07) is 9.30. The van der Waals surface area contributed by atoms with Crippen molar-refractivity contribution in [2.24, 2.45) is 0 Å².